The lowest BCUT2D eigenvalue weighted by molar-refractivity contribution is -0.120. The minimum atomic E-state index is 0.00981. The first kappa shape index (κ1) is 20.0. The van der Waals surface area contributed by atoms with Crippen molar-refractivity contribution in [3.63, 3.8) is 0 Å². The lowest BCUT2D eigenvalue weighted by atomic mass is 9.96. The van der Waals surface area contributed by atoms with Crippen molar-refractivity contribution in [2.75, 3.05) is 32.8 Å². The van der Waals surface area contributed by atoms with Crippen LogP contribution in [0.4, 0.5) is 0 Å². The van der Waals surface area contributed by atoms with Crippen LogP contribution >= 0.6 is 11.6 Å². The van der Waals surface area contributed by atoms with Crippen molar-refractivity contribution in [2.24, 2.45) is 5.92 Å². The number of benzene rings is 1. The standard InChI is InChI=1S/C22H26ClN3O3/c23-17-4-5-20-21(11-17)29-19(15-28-20)14-26-9-6-16(7-10-26)13-25-22(27)12-18-3-1-2-8-24-18/h1-5,8,11,16,19H,6-7,9-10,12-15H2,(H,25,27). The number of rotatable bonds is 6. The first-order valence-corrected chi connectivity index (χ1v) is 10.5. The number of likely N-dealkylation sites (tertiary alicyclic amines) is 1. The first-order valence-electron chi connectivity index (χ1n) is 10.1. The van der Waals surface area contributed by atoms with Crippen LogP contribution in [0.1, 0.15) is 18.5 Å². The van der Waals surface area contributed by atoms with Crippen LogP contribution < -0.4 is 14.8 Å². The van der Waals surface area contributed by atoms with Gasteiger partial charge in [-0.1, -0.05) is 17.7 Å². The summed E-state index contributed by atoms with van der Waals surface area (Å²) in [7, 11) is 0. The highest BCUT2D eigenvalue weighted by molar-refractivity contribution is 6.30. The second-order valence-corrected chi connectivity index (χ2v) is 8.12. The summed E-state index contributed by atoms with van der Waals surface area (Å²) in [5.41, 5.74) is 0.803. The van der Waals surface area contributed by atoms with E-state index in [2.05, 4.69) is 15.2 Å². The number of aromatic nitrogens is 1. The predicted octanol–water partition coefficient (Wildman–Crippen LogP) is 2.95. The second kappa shape index (κ2) is 9.46. The molecule has 2 aromatic rings. The molecule has 154 valence electrons. The minimum Gasteiger partial charge on any atom is -0.486 e. The predicted molar refractivity (Wildman–Crippen MR) is 111 cm³/mol. The molecule has 1 aromatic carbocycles. The van der Waals surface area contributed by atoms with E-state index in [-0.39, 0.29) is 12.0 Å². The van der Waals surface area contributed by atoms with Crippen LogP contribution in [0.3, 0.4) is 0 Å². The van der Waals surface area contributed by atoms with Gasteiger partial charge in [-0.3, -0.25) is 14.7 Å². The number of carbonyl (C=O) groups excluding carboxylic acids is 1. The molecule has 0 saturated carbocycles. The second-order valence-electron chi connectivity index (χ2n) is 7.69. The Labute approximate surface area is 176 Å². The number of piperidine rings is 1. The maximum absolute atomic E-state index is 12.1. The number of pyridine rings is 1. The Bertz CT molecular complexity index is 825. The van der Waals surface area contributed by atoms with Gasteiger partial charge in [0.2, 0.25) is 5.91 Å². The van der Waals surface area contributed by atoms with Crippen molar-refractivity contribution in [1.29, 1.82) is 0 Å². The minimum absolute atomic E-state index is 0.00981. The highest BCUT2D eigenvalue weighted by Gasteiger charge is 2.26. The number of carbonyl (C=O) groups is 1. The summed E-state index contributed by atoms with van der Waals surface area (Å²) in [6.07, 6.45) is 4.20. The molecule has 2 aliphatic heterocycles. The molecule has 3 heterocycles. The lowest BCUT2D eigenvalue weighted by Crippen LogP contribution is -2.45. The number of hydrogen-bond acceptors (Lipinski definition) is 5. The van der Waals surface area contributed by atoms with Crippen LogP contribution in [-0.4, -0.2) is 54.7 Å². The van der Waals surface area contributed by atoms with Crippen LogP contribution in [0.25, 0.3) is 0 Å². The number of nitrogens with zero attached hydrogens (tertiary/aromatic N) is 2. The third-order valence-electron chi connectivity index (χ3n) is 5.45. The molecule has 1 saturated heterocycles. The van der Waals surface area contributed by atoms with E-state index in [1.807, 2.05) is 36.4 Å². The molecular weight excluding hydrogens is 390 g/mol. The molecule has 1 N–H and O–H groups in total. The first-order chi connectivity index (χ1) is 14.2. The van der Waals surface area contributed by atoms with Crippen LogP contribution in [0, 0.1) is 5.92 Å². The molecule has 1 fully saturated rings. The van der Waals surface area contributed by atoms with Gasteiger partial charge >= 0.3 is 0 Å². The Balaban J connectivity index is 1.17. The van der Waals surface area contributed by atoms with Gasteiger partial charge in [-0.05, 0) is 56.1 Å². The number of hydrogen-bond donors (Lipinski definition) is 1. The summed E-state index contributed by atoms with van der Waals surface area (Å²) < 4.78 is 11.9. The number of ether oxygens (including phenoxy) is 2. The maximum atomic E-state index is 12.1. The molecular formula is C22H26ClN3O3. The number of nitrogens with one attached hydrogen (secondary N) is 1. The van der Waals surface area contributed by atoms with Crippen LogP contribution in [0.15, 0.2) is 42.6 Å². The van der Waals surface area contributed by atoms with Gasteiger partial charge in [-0.2, -0.15) is 0 Å². The molecule has 0 spiro atoms. The summed E-state index contributed by atoms with van der Waals surface area (Å²) in [5, 5.41) is 3.71. The number of amides is 1. The van der Waals surface area contributed by atoms with E-state index >= 15 is 0 Å². The molecule has 1 atom stereocenters. The number of fused-ring (bicyclic) bond motifs is 1. The average Bonchev–Trinajstić information content (AvgIpc) is 2.74. The zero-order chi connectivity index (χ0) is 20.1. The van der Waals surface area contributed by atoms with E-state index in [4.69, 9.17) is 21.1 Å². The third-order valence-corrected chi connectivity index (χ3v) is 5.68. The molecule has 1 aromatic heterocycles. The Hall–Kier alpha value is -2.31. The van der Waals surface area contributed by atoms with Crippen LogP contribution in [0.5, 0.6) is 11.5 Å². The molecule has 7 heteroatoms. The van der Waals surface area contributed by atoms with E-state index in [0.29, 0.717) is 24.0 Å². The molecule has 4 rings (SSSR count). The van der Waals surface area contributed by atoms with Gasteiger partial charge in [0.25, 0.3) is 0 Å². The molecule has 29 heavy (non-hydrogen) atoms. The van der Waals surface area contributed by atoms with Gasteiger partial charge in [-0.25, -0.2) is 0 Å². The molecule has 1 amide bonds. The molecule has 0 bridgehead atoms. The van der Waals surface area contributed by atoms with Crippen molar-refractivity contribution in [3.8, 4) is 11.5 Å². The number of halogens is 1. The fourth-order valence-electron chi connectivity index (χ4n) is 3.83. The largest absolute Gasteiger partial charge is 0.486 e. The van der Waals surface area contributed by atoms with Gasteiger partial charge in [-0.15, -0.1) is 0 Å². The molecule has 1 unspecified atom stereocenters. The Morgan fingerprint density at radius 1 is 1.21 bits per heavy atom. The summed E-state index contributed by atoms with van der Waals surface area (Å²) in [4.78, 5) is 18.7. The summed E-state index contributed by atoms with van der Waals surface area (Å²) in [6.45, 7) is 4.13. The zero-order valence-electron chi connectivity index (χ0n) is 16.4. The molecule has 0 radical (unpaired) electrons. The van der Waals surface area contributed by atoms with E-state index in [1.165, 1.54) is 0 Å². The van der Waals surface area contributed by atoms with Crippen molar-refractivity contribution in [1.82, 2.24) is 15.2 Å². The van der Waals surface area contributed by atoms with Gasteiger partial charge in [0.15, 0.2) is 11.5 Å². The van der Waals surface area contributed by atoms with Gasteiger partial charge in [0, 0.05) is 36.1 Å². The molecule has 0 aliphatic carbocycles. The third kappa shape index (κ3) is 5.61. The van der Waals surface area contributed by atoms with Gasteiger partial charge in [0.05, 0.1) is 6.42 Å². The molecule has 6 nitrogen and oxygen atoms in total. The highest BCUT2D eigenvalue weighted by atomic mass is 35.5. The zero-order valence-corrected chi connectivity index (χ0v) is 17.1. The normalized spacial score (nSPS) is 19.7. The fourth-order valence-corrected chi connectivity index (χ4v) is 3.99. The van der Waals surface area contributed by atoms with E-state index in [0.717, 1.165) is 56.2 Å². The van der Waals surface area contributed by atoms with Crippen molar-refractivity contribution in [3.05, 3.63) is 53.3 Å². The lowest BCUT2D eigenvalue weighted by Gasteiger charge is -2.35. The average molecular weight is 416 g/mol. The quantitative estimate of drug-likeness (QED) is 0.785. The van der Waals surface area contributed by atoms with E-state index in [9.17, 15) is 4.79 Å². The SMILES string of the molecule is O=C(Cc1ccccn1)NCC1CCN(CC2COc3ccc(Cl)cc3O2)CC1. The van der Waals surface area contributed by atoms with Gasteiger partial charge < -0.3 is 14.8 Å². The molecule has 2 aliphatic rings. The van der Waals surface area contributed by atoms with E-state index < -0.39 is 0 Å². The van der Waals surface area contributed by atoms with Crippen molar-refractivity contribution in [2.45, 2.75) is 25.4 Å². The van der Waals surface area contributed by atoms with Crippen molar-refractivity contribution >= 4 is 17.5 Å². The summed E-state index contributed by atoms with van der Waals surface area (Å²) in [5.74, 6) is 2.03. The Kier molecular flexibility index (Phi) is 6.52. The summed E-state index contributed by atoms with van der Waals surface area (Å²) in [6, 6.07) is 11.1. The fraction of sp³-hybridized carbons (Fsp3) is 0.455. The van der Waals surface area contributed by atoms with E-state index in [1.54, 1.807) is 6.20 Å². The van der Waals surface area contributed by atoms with Gasteiger partial charge in [0.1, 0.15) is 12.7 Å². The summed E-state index contributed by atoms with van der Waals surface area (Å²) >= 11 is 6.05. The maximum Gasteiger partial charge on any atom is 0.226 e. The van der Waals surface area contributed by atoms with Crippen LogP contribution in [0.2, 0.25) is 5.02 Å². The Morgan fingerprint density at radius 3 is 2.86 bits per heavy atom. The smallest absolute Gasteiger partial charge is 0.226 e. The van der Waals surface area contributed by atoms with Crippen LogP contribution in [-0.2, 0) is 11.2 Å². The monoisotopic (exact) mass is 415 g/mol. The van der Waals surface area contributed by atoms with Crippen molar-refractivity contribution < 1.29 is 14.3 Å². The highest BCUT2D eigenvalue weighted by Crippen LogP contribution is 2.34. The Morgan fingerprint density at radius 2 is 2.07 bits per heavy atom. The topological polar surface area (TPSA) is 63.7 Å².